The highest BCUT2D eigenvalue weighted by molar-refractivity contribution is 7.18. The van der Waals surface area contributed by atoms with Crippen molar-refractivity contribution in [1.82, 2.24) is 20.6 Å². The van der Waals surface area contributed by atoms with E-state index in [-0.39, 0.29) is 23.9 Å². The fourth-order valence-electron chi connectivity index (χ4n) is 3.33. The third-order valence-electron chi connectivity index (χ3n) is 4.73. The molecule has 144 valence electrons. The van der Waals surface area contributed by atoms with E-state index in [1.165, 1.54) is 10.4 Å². The van der Waals surface area contributed by atoms with Crippen LogP contribution >= 0.6 is 23.7 Å². The summed E-state index contributed by atoms with van der Waals surface area (Å²) in [6.07, 6.45) is 4.85. The van der Waals surface area contributed by atoms with Crippen LogP contribution in [0, 0.1) is 5.92 Å². The minimum atomic E-state index is -0.0542. The number of amides is 1. The van der Waals surface area contributed by atoms with Crippen LogP contribution in [0.15, 0.2) is 4.79 Å². The molecule has 2 aromatic heterocycles. The molecule has 1 atom stereocenters. The number of aromatic amines is 1. The number of hydrogen-bond donors (Lipinski definition) is 3. The van der Waals surface area contributed by atoms with Gasteiger partial charge in [-0.25, -0.2) is 4.98 Å². The molecular formula is C18H27ClN4O2S. The molecule has 1 unspecified atom stereocenters. The number of nitrogens with one attached hydrogen (secondary N) is 3. The maximum Gasteiger partial charge on any atom is 0.259 e. The number of H-pyrrole nitrogens is 1. The van der Waals surface area contributed by atoms with Gasteiger partial charge >= 0.3 is 0 Å². The summed E-state index contributed by atoms with van der Waals surface area (Å²) < 4.78 is 0. The first-order chi connectivity index (χ1) is 12.1. The van der Waals surface area contributed by atoms with Crippen LogP contribution in [0.1, 0.15) is 42.5 Å². The van der Waals surface area contributed by atoms with E-state index in [2.05, 4.69) is 27.5 Å². The summed E-state index contributed by atoms with van der Waals surface area (Å²) in [6.45, 7) is 3.80. The van der Waals surface area contributed by atoms with Gasteiger partial charge in [0, 0.05) is 24.3 Å². The maximum atomic E-state index is 12.5. The molecule has 1 aliphatic carbocycles. The molecule has 0 aliphatic heterocycles. The Morgan fingerprint density at radius 1 is 1.38 bits per heavy atom. The molecule has 0 fully saturated rings. The lowest BCUT2D eigenvalue weighted by molar-refractivity contribution is -0.121. The largest absolute Gasteiger partial charge is 0.356 e. The molecule has 0 radical (unpaired) electrons. The van der Waals surface area contributed by atoms with E-state index in [1.807, 2.05) is 7.05 Å². The predicted octanol–water partition coefficient (Wildman–Crippen LogP) is 2.19. The normalized spacial score (nSPS) is 16.2. The lowest BCUT2D eigenvalue weighted by Gasteiger charge is -2.17. The second-order valence-corrected chi connectivity index (χ2v) is 7.94. The molecule has 0 saturated carbocycles. The molecule has 1 amide bonds. The third kappa shape index (κ3) is 4.84. The van der Waals surface area contributed by atoms with Crippen LogP contribution in [0.4, 0.5) is 0 Å². The number of nitrogens with zero attached hydrogens (tertiary/aromatic N) is 1. The number of rotatable bonds is 7. The van der Waals surface area contributed by atoms with E-state index >= 15 is 0 Å². The monoisotopic (exact) mass is 398 g/mol. The summed E-state index contributed by atoms with van der Waals surface area (Å²) in [5.74, 6) is 1.28. The molecule has 0 saturated heterocycles. The molecule has 2 heterocycles. The van der Waals surface area contributed by atoms with E-state index in [4.69, 9.17) is 0 Å². The van der Waals surface area contributed by atoms with Crippen LogP contribution in [-0.2, 0) is 24.1 Å². The highest BCUT2D eigenvalue weighted by atomic mass is 35.5. The molecule has 8 heteroatoms. The number of carbonyl (C=O) groups excluding carboxylic acids is 1. The molecular weight excluding hydrogens is 372 g/mol. The lowest BCUT2D eigenvalue weighted by atomic mass is 9.89. The zero-order valence-electron chi connectivity index (χ0n) is 15.3. The number of halogens is 1. The number of thiophene rings is 1. The van der Waals surface area contributed by atoms with Crippen molar-refractivity contribution in [3.63, 3.8) is 0 Å². The van der Waals surface area contributed by atoms with E-state index in [9.17, 15) is 9.59 Å². The molecule has 26 heavy (non-hydrogen) atoms. The molecule has 3 N–H and O–H groups in total. The van der Waals surface area contributed by atoms with Gasteiger partial charge in [-0.3, -0.25) is 9.59 Å². The summed E-state index contributed by atoms with van der Waals surface area (Å²) >= 11 is 1.65. The fourth-order valence-corrected chi connectivity index (χ4v) is 4.73. The molecule has 2 aromatic rings. The van der Waals surface area contributed by atoms with Gasteiger partial charge in [0.05, 0.1) is 5.39 Å². The second-order valence-electron chi connectivity index (χ2n) is 6.85. The number of aromatic nitrogens is 2. The Balaban J connectivity index is 0.00000243. The first kappa shape index (κ1) is 20.9. The topological polar surface area (TPSA) is 86.9 Å². The van der Waals surface area contributed by atoms with E-state index < -0.39 is 0 Å². The third-order valence-corrected chi connectivity index (χ3v) is 5.88. The highest BCUT2D eigenvalue weighted by Crippen LogP contribution is 2.35. The predicted molar refractivity (Wildman–Crippen MR) is 109 cm³/mol. The van der Waals surface area contributed by atoms with Crippen LogP contribution in [0.3, 0.4) is 0 Å². The van der Waals surface area contributed by atoms with Crippen molar-refractivity contribution in [2.45, 2.75) is 45.4 Å². The summed E-state index contributed by atoms with van der Waals surface area (Å²) in [7, 11) is 1.89. The van der Waals surface area contributed by atoms with Crippen LogP contribution in [0.25, 0.3) is 10.2 Å². The first-order valence-electron chi connectivity index (χ1n) is 9.03. The number of aryl methyl sites for hydroxylation is 2. The van der Waals surface area contributed by atoms with Gasteiger partial charge in [0.1, 0.15) is 10.7 Å². The quantitative estimate of drug-likeness (QED) is 0.624. The van der Waals surface area contributed by atoms with Crippen LogP contribution < -0.4 is 16.2 Å². The Bertz CT molecular complexity index is 817. The summed E-state index contributed by atoms with van der Waals surface area (Å²) in [6, 6.07) is 0. The first-order valence-corrected chi connectivity index (χ1v) is 9.85. The molecule has 6 nitrogen and oxygen atoms in total. The maximum absolute atomic E-state index is 12.5. The van der Waals surface area contributed by atoms with E-state index in [0.717, 1.165) is 42.4 Å². The zero-order valence-corrected chi connectivity index (χ0v) is 16.9. The van der Waals surface area contributed by atoms with Crippen molar-refractivity contribution in [3.05, 3.63) is 26.6 Å². The summed E-state index contributed by atoms with van der Waals surface area (Å²) in [5, 5.41) is 6.70. The van der Waals surface area contributed by atoms with Crippen molar-refractivity contribution < 1.29 is 4.79 Å². The van der Waals surface area contributed by atoms with Gasteiger partial charge in [-0.15, -0.1) is 23.7 Å². The Morgan fingerprint density at radius 3 is 2.96 bits per heavy atom. The Labute approximate surface area is 163 Å². The Hall–Kier alpha value is -1.44. The van der Waals surface area contributed by atoms with Gasteiger partial charge in [0.25, 0.3) is 5.56 Å². The smallest absolute Gasteiger partial charge is 0.259 e. The molecule has 0 spiro atoms. The molecule has 1 aliphatic rings. The average Bonchev–Trinajstić information content (AvgIpc) is 2.94. The second kappa shape index (κ2) is 9.48. The van der Waals surface area contributed by atoms with Crippen LogP contribution in [0.5, 0.6) is 0 Å². The fraction of sp³-hybridized carbons (Fsp3) is 0.611. The Kier molecular flexibility index (Phi) is 7.61. The number of fused-ring (bicyclic) bond motifs is 3. The van der Waals surface area contributed by atoms with Crippen LogP contribution in [-0.4, -0.2) is 36.0 Å². The SMILES string of the molecule is CNCCCNC(=O)CCc1nc2sc3c(c2c(=O)[nH]1)CCC(C)C3.Cl. The van der Waals surface area contributed by atoms with Gasteiger partial charge < -0.3 is 15.6 Å². The molecule has 3 rings (SSSR count). The molecule has 0 bridgehead atoms. The van der Waals surface area contributed by atoms with Crippen molar-refractivity contribution in [3.8, 4) is 0 Å². The van der Waals surface area contributed by atoms with Gasteiger partial charge in [0.15, 0.2) is 0 Å². The highest BCUT2D eigenvalue weighted by Gasteiger charge is 2.23. The zero-order chi connectivity index (χ0) is 17.8. The van der Waals surface area contributed by atoms with Crippen LogP contribution in [0.2, 0.25) is 0 Å². The van der Waals surface area contributed by atoms with Crippen molar-refractivity contribution in [2.24, 2.45) is 5.92 Å². The minimum absolute atomic E-state index is 0. The van der Waals surface area contributed by atoms with Gasteiger partial charge in [-0.2, -0.15) is 0 Å². The van der Waals surface area contributed by atoms with Gasteiger partial charge in [-0.1, -0.05) is 6.92 Å². The van der Waals surface area contributed by atoms with Crippen molar-refractivity contribution in [2.75, 3.05) is 20.1 Å². The van der Waals surface area contributed by atoms with Gasteiger partial charge in [-0.05, 0) is 50.8 Å². The number of hydrogen-bond acceptors (Lipinski definition) is 5. The average molecular weight is 399 g/mol. The molecule has 0 aromatic carbocycles. The summed E-state index contributed by atoms with van der Waals surface area (Å²) in [5.41, 5.74) is 1.14. The lowest BCUT2D eigenvalue weighted by Crippen LogP contribution is -2.27. The summed E-state index contributed by atoms with van der Waals surface area (Å²) in [4.78, 5) is 34.0. The van der Waals surface area contributed by atoms with E-state index in [1.54, 1.807) is 11.3 Å². The van der Waals surface area contributed by atoms with Crippen molar-refractivity contribution >= 4 is 39.9 Å². The Morgan fingerprint density at radius 2 is 2.19 bits per heavy atom. The van der Waals surface area contributed by atoms with E-state index in [0.29, 0.717) is 31.1 Å². The van der Waals surface area contributed by atoms with Crippen molar-refractivity contribution in [1.29, 1.82) is 0 Å². The standard InChI is InChI=1S/C18H26N4O2S.ClH/c1-11-4-5-12-13(10-11)25-18-16(12)17(24)21-14(22-18)6-7-15(23)20-9-3-8-19-2;/h11,19H,3-10H2,1-2H3,(H,20,23)(H,21,22,24);1H. The minimum Gasteiger partial charge on any atom is -0.356 e. The number of carbonyl (C=O) groups is 1. The van der Waals surface area contributed by atoms with Gasteiger partial charge in [0.2, 0.25) is 5.91 Å².